The zero-order valence-corrected chi connectivity index (χ0v) is 21.1. The number of aromatic nitrogens is 3. The molecule has 190 valence electrons. The molecule has 0 saturated carbocycles. The molecule has 7 heteroatoms. The maximum atomic E-state index is 14.3. The van der Waals surface area contributed by atoms with E-state index in [0.29, 0.717) is 23.3 Å². The van der Waals surface area contributed by atoms with Gasteiger partial charge >= 0.3 is 0 Å². The second kappa shape index (κ2) is 12.6. The van der Waals surface area contributed by atoms with Gasteiger partial charge in [-0.05, 0) is 72.7 Å². The van der Waals surface area contributed by atoms with Gasteiger partial charge in [-0.3, -0.25) is 14.9 Å². The summed E-state index contributed by atoms with van der Waals surface area (Å²) in [6.45, 7) is 2.68. The minimum Gasteiger partial charge on any atom is -0.492 e. The molecule has 0 spiro atoms. The number of ether oxygens (including phenoxy) is 1. The van der Waals surface area contributed by atoms with Crippen molar-refractivity contribution in [3.8, 4) is 5.75 Å². The summed E-state index contributed by atoms with van der Waals surface area (Å²) in [5, 5.41) is 9.45. The minimum atomic E-state index is -0.449. The number of aromatic amines is 1. The Kier molecular flexibility index (Phi) is 8.81. The van der Waals surface area contributed by atoms with Crippen molar-refractivity contribution >= 4 is 28.0 Å². The summed E-state index contributed by atoms with van der Waals surface area (Å²) in [4.78, 5) is 15.9. The largest absolute Gasteiger partial charge is 0.492 e. The Labute approximate surface area is 216 Å². The van der Waals surface area contributed by atoms with Gasteiger partial charge in [-0.2, -0.15) is 9.49 Å². The third kappa shape index (κ3) is 6.50. The number of fused-ring (bicyclic) bond motifs is 1. The quantitative estimate of drug-likeness (QED) is 0.144. The molecule has 0 bridgehead atoms. The maximum absolute atomic E-state index is 14.3. The van der Waals surface area contributed by atoms with Crippen molar-refractivity contribution in [1.29, 1.82) is 0 Å². The van der Waals surface area contributed by atoms with Crippen LogP contribution in [-0.2, 0) is 4.79 Å². The van der Waals surface area contributed by atoms with Crippen molar-refractivity contribution in [2.75, 3.05) is 13.7 Å². The molecule has 4 rings (SSSR count). The smallest absolute Gasteiger partial charge is 0.243 e. The molecule has 0 aliphatic heterocycles. The third-order valence-electron chi connectivity index (χ3n) is 6.12. The van der Waals surface area contributed by atoms with Crippen molar-refractivity contribution < 1.29 is 13.9 Å². The third-order valence-corrected chi connectivity index (χ3v) is 6.12. The van der Waals surface area contributed by atoms with Crippen molar-refractivity contribution in [2.45, 2.75) is 32.6 Å². The number of carbonyl (C=O) groups excluding carboxylic acids is 1. The molecule has 2 heterocycles. The maximum Gasteiger partial charge on any atom is 0.243 e. The Hall–Kier alpha value is -4.26. The molecule has 2 N–H and O–H groups in total. The van der Waals surface area contributed by atoms with Crippen molar-refractivity contribution in [2.24, 2.45) is 0 Å². The monoisotopic (exact) mass is 498 g/mol. The Morgan fingerprint density at radius 2 is 1.92 bits per heavy atom. The highest BCUT2D eigenvalue weighted by Crippen LogP contribution is 2.35. The minimum absolute atomic E-state index is 0.0934. The number of halogens is 1. The fourth-order valence-electron chi connectivity index (χ4n) is 4.22. The van der Waals surface area contributed by atoms with E-state index < -0.39 is 5.95 Å². The molecule has 0 unspecified atom stereocenters. The Bertz CT molecular complexity index is 1390. The summed E-state index contributed by atoms with van der Waals surface area (Å²) in [5.74, 6) is 0.150. The molecule has 37 heavy (non-hydrogen) atoms. The lowest BCUT2D eigenvalue weighted by molar-refractivity contribution is -0.116. The topological polar surface area (TPSA) is 79.9 Å². The number of allylic oxidation sites excluding steroid dienone is 2. The molecule has 0 saturated heterocycles. The van der Waals surface area contributed by atoms with Gasteiger partial charge in [0.05, 0.1) is 29.4 Å². The number of unbranched alkanes of at least 4 members (excludes halogenated alkanes) is 2. The summed E-state index contributed by atoms with van der Waals surface area (Å²) in [5.41, 5.74) is 5.41. The number of pyridine rings is 1. The van der Waals surface area contributed by atoms with Crippen LogP contribution in [0.5, 0.6) is 5.75 Å². The van der Waals surface area contributed by atoms with Gasteiger partial charge in [0, 0.05) is 12.6 Å². The van der Waals surface area contributed by atoms with Crippen LogP contribution in [0.1, 0.15) is 49.4 Å². The average molecular weight is 499 g/mol. The normalized spacial score (nSPS) is 12.1. The number of H-pyrrole nitrogens is 1. The predicted molar refractivity (Wildman–Crippen MR) is 145 cm³/mol. The van der Waals surface area contributed by atoms with Crippen LogP contribution in [0.3, 0.4) is 0 Å². The number of rotatable bonds is 11. The molecule has 0 fully saturated rings. The van der Waals surface area contributed by atoms with Gasteiger partial charge < -0.3 is 10.1 Å². The Balaban J connectivity index is 1.56. The van der Waals surface area contributed by atoms with Gasteiger partial charge in [0.2, 0.25) is 11.9 Å². The Morgan fingerprint density at radius 1 is 1.08 bits per heavy atom. The zero-order valence-electron chi connectivity index (χ0n) is 21.1. The van der Waals surface area contributed by atoms with Gasteiger partial charge in [-0.1, -0.05) is 49.4 Å². The van der Waals surface area contributed by atoms with E-state index in [1.807, 2.05) is 54.6 Å². The number of amides is 1. The number of likely N-dealkylation sites (N-methyl/N-ethyl adjacent to an activating group) is 1. The van der Waals surface area contributed by atoms with Crippen LogP contribution in [0.25, 0.3) is 22.0 Å². The van der Waals surface area contributed by atoms with E-state index in [9.17, 15) is 9.18 Å². The van der Waals surface area contributed by atoms with Crippen molar-refractivity contribution in [3.05, 3.63) is 102 Å². The molecular weight excluding hydrogens is 467 g/mol. The number of hydrogen-bond donors (Lipinski definition) is 2. The first-order valence-electron chi connectivity index (χ1n) is 12.5. The first kappa shape index (κ1) is 25.8. The van der Waals surface area contributed by atoms with Crippen LogP contribution in [0.4, 0.5) is 4.39 Å². The van der Waals surface area contributed by atoms with Crippen LogP contribution in [0.15, 0.2) is 79.0 Å². The molecule has 1 amide bonds. The fourth-order valence-corrected chi connectivity index (χ4v) is 4.22. The van der Waals surface area contributed by atoms with Crippen molar-refractivity contribution in [3.63, 3.8) is 0 Å². The van der Waals surface area contributed by atoms with E-state index in [0.717, 1.165) is 53.7 Å². The second-order valence-electron chi connectivity index (χ2n) is 8.58. The first-order chi connectivity index (χ1) is 18.1. The van der Waals surface area contributed by atoms with Gasteiger partial charge in [0.1, 0.15) is 5.75 Å². The van der Waals surface area contributed by atoms with E-state index in [2.05, 4.69) is 34.6 Å². The summed E-state index contributed by atoms with van der Waals surface area (Å²) in [7, 11) is 1.61. The summed E-state index contributed by atoms with van der Waals surface area (Å²) < 4.78 is 20.2. The molecule has 2 aromatic heterocycles. The molecule has 2 aromatic carbocycles. The summed E-state index contributed by atoms with van der Waals surface area (Å²) in [6.07, 6.45) is 8.55. The van der Waals surface area contributed by atoms with Crippen LogP contribution >= 0.6 is 0 Å². The molecule has 0 atom stereocenters. The van der Waals surface area contributed by atoms with Crippen LogP contribution < -0.4 is 10.1 Å². The summed E-state index contributed by atoms with van der Waals surface area (Å²) in [6, 6.07) is 19.7. The lowest BCUT2D eigenvalue weighted by Gasteiger charge is -2.16. The standard InChI is InChI=1S/C30H31FN4O2/c1-3-24(21-11-7-6-8-12-21)29(22-14-16-26-25(19-22)30(31)35-34-26)27-17-15-23(20-33-27)37-18-10-5-4-9-13-28(36)32-2/h6-9,11-17,19-20H,3-5,10,18H2,1-2H3,(H,32,36)(H,34,35)/b13-9+,29-24-. The number of nitrogens with zero attached hydrogens (tertiary/aromatic N) is 2. The number of nitrogens with one attached hydrogen (secondary N) is 2. The Morgan fingerprint density at radius 3 is 2.65 bits per heavy atom. The number of carbonyl (C=O) groups is 1. The highest BCUT2D eigenvalue weighted by atomic mass is 19.1. The zero-order chi connectivity index (χ0) is 26.0. The van der Waals surface area contributed by atoms with Gasteiger partial charge in [-0.25, -0.2) is 0 Å². The first-order valence-corrected chi connectivity index (χ1v) is 12.5. The fraction of sp³-hybridized carbons (Fsp3) is 0.233. The highest BCUT2D eigenvalue weighted by Gasteiger charge is 2.16. The number of hydrogen-bond acceptors (Lipinski definition) is 4. The van der Waals surface area contributed by atoms with E-state index in [1.54, 1.807) is 19.3 Å². The molecule has 0 radical (unpaired) electrons. The molecular formula is C30H31FN4O2. The van der Waals surface area contributed by atoms with Gasteiger partial charge in [-0.15, -0.1) is 0 Å². The van der Waals surface area contributed by atoms with Gasteiger partial charge in [0.25, 0.3) is 0 Å². The highest BCUT2D eigenvalue weighted by molar-refractivity contribution is 5.99. The van der Waals surface area contributed by atoms with E-state index in [1.165, 1.54) is 0 Å². The lowest BCUT2D eigenvalue weighted by atomic mass is 9.90. The van der Waals surface area contributed by atoms with E-state index in [-0.39, 0.29) is 5.91 Å². The summed E-state index contributed by atoms with van der Waals surface area (Å²) >= 11 is 0. The van der Waals surface area contributed by atoms with Crippen LogP contribution in [-0.4, -0.2) is 34.7 Å². The molecule has 0 aliphatic carbocycles. The SMILES string of the molecule is CC/C(=C(\c1ccc2n[nH]c(F)c2c1)c1ccc(OCCCC/C=C/C(=O)NC)cn1)c1ccccc1. The van der Waals surface area contributed by atoms with Crippen LogP contribution in [0.2, 0.25) is 0 Å². The van der Waals surface area contributed by atoms with E-state index in [4.69, 9.17) is 9.72 Å². The van der Waals surface area contributed by atoms with Gasteiger partial charge in [0.15, 0.2) is 0 Å². The van der Waals surface area contributed by atoms with Crippen molar-refractivity contribution in [1.82, 2.24) is 20.5 Å². The molecule has 6 nitrogen and oxygen atoms in total. The molecule has 4 aromatic rings. The lowest BCUT2D eigenvalue weighted by Crippen LogP contribution is -2.13. The molecule has 0 aliphatic rings. The van der Waals surface area contributed by atoms with Crippen LogP contribution in [0, 0.1) is 5.95 Å². The average Bonchev–Trinajstić information content (AvgIpc) is 3.31. The predicted octanol–water partition coefficient (Wildman–Crippen LogP) is 6.32. The second-order valence-corrected chi connectivity index (χ2v) is 8.58. The van der Waals surface area contributed by atoms with E-state index >= 15 is 0 Å². The number of benzene rings is 2.